The Morgan fingerprint density at radius 1 is 0.846 bits per heavy atom. The van der Waals surface area contributed by atoms with Crippen molar-refractivity contribution in [2.24, 2.45) is 5.92 Å². The highest BCUT2D eigenvalue weighted by Gasteiger charge is 2.24. The zero-order chi connectivity index (χ0) is 18.2. The molecule has 0 heteroatoms. The lowest BCUT2D eigenvalue weighted by Gasteiger charge is -2.30. The molecule has 0 aromatic heterocycles. The van der Waals surface area contributed by atoms with E-state index >= 15 is 0 Å². The molecule has 0 amide bonds. The number of benzene rings is 2. The highest BCUT2D eigenvalue weighted by Crippen LogP contribution is 2.39. The quantitative estimate of drug-likeness (QED) is 0.425. The third-order valence-electron chi connectivity index (χ3n) is 6.42. The molecular weight excluding hydrogens is 312 g/mol. The standard InChI is InChI=1S/C26H36/c1-3-4-6-9-22-12-16-25(17-13-22)26-18-14-23(15-19-26)20-21(2)24-10-7-5-8-11-24/h5,7-8,10-13,16-17,21,23,26H,3-4,6,9,14-15,18-20H2,1-2H3. The first-order chi connectivity index (χ1) is 12.8. The van der Waals surface area contributed by atoms with E-state index in [4.69, 9.17) is 0 Å². The van der Waals surface area contributed by atoms with Gasteiger partial charge in [0.05, 0.1) is 0 Å². The fraction of sp³-hybridized carbons (Fsp3) is 0.538. The lowest BCUT2D eigenvalue weighted by Crippen LogP contribution is -2.15. The Morgan fingerprint density at radius 3 is 2.19 bits per heavy atom. The summed E-state index contributed by atoms with van der Waals surface area (Å²) in [6.07, 6.45) is 12.2. The largest absolute Gasteiger partial charge is 0.0654 e. The first-order valence-corrected chi connectivity index (χ1v) is 10.9. The average Bonchev–Trinajstić information content (AvgIpc) is 2.70. The van der Waals surface area contributed by atoms with Gasteiger partial charge >= 0.3 is 0 Å². The van der Waals surface area contributed by atoms with Crippen molar-refractivity contribution < 1.29 is 0 Å². The van der Waals surface area contributed by atoms with Crippen molar-refractivity contribution in [1.82, 2.24) is 0 Å². The molecule has 1 unspecified atom stereocenters. The predicted molar refractivity (Wildman–Crippen MR) is 114 cm³/mol. The summed E-state index contributed by atoms with van der Waals surface area (Å²) in [5.74, 6) is 2.40. The summed E-state index contributed by atoms with van der Waals surface area (Å²) in [5, 5.41) is 0. The summed E-state index contributed by atoms with van der Waals surface area (Å²) in [6.45, 7) is 4.68. The van der Waals surface area contributed by atoms with E-state index in [1.165, 1.54) is 68.9 Å². The topological polar surface area (TPSA) is 0 Å². The second-order valence-electron chi connectivity index (χ2n) is 8.46. The number of rotatable bonds is 8. The Kier molecular flexibility index (Phi) is 7.35. The van der Waals surface area contributed by atoms with Crippen molar-refractivity contribution in [3.63, 3.8) is 0 Å². The molecule has 0 nitrogen and oxygen atoms in total. The molecule has 0 aliphatic heterocycles. The zero-order valence-electron chi connectivity index (χ0n) is 16.8. The Balaban J connectivity index is 1.46. The summed E-state index contributed by atoms with van der Waals surface area (Å²) in [6, 6.07) is 20.7. The Morgan fingerprint density at radius 2 is 1.54 bits per heavy atom. The van der Waals surface area contributed by atoms with E-state index in [0.717, 1.165) is 11.8 Å². The molecule has 3 rings (SSSR count). The van der Waals surface area contributed by atoms with Crippen LogP contribution in [0.25, 0.3) is 0 Å². The van der Waals surface area contributed by atoms with Crippen molar-refractivity contribution >= 4 is 0 Å². The van der Waals surface area contributed by atoms with Gasteiger partial charge in [-0.15, -0.1) is 0 Å². The summed E-state index contributed by atoms with van der Waals surface area (Å²) < 4.78 is 0. The maximum absolute atomic E-state index is 2.42. The molecule has 0 saturated heterocycles. The van der Waals surface area contributed by atoms with Crippen LogP contribution in [-0.2, 0) is 6.42 Å². The first-order valence-electron chi connectivity index (χ1n) is 10.9. The molecule has 2 aromatic carbocycles. The minimum atomic E-state index is 0.695. The number of hydrogen-bond donors (Lipinski definition) is 0. The van der Waals surface area contributed by atoms with Crippen LogP contribution in [0, 0.1) is 5.92 Å². The van der Waals surface area contributed by atoms with Crippen molar-refractivity contribution in [2.75, 3.05) is 0 Å². The molecular formula is C26H36. The van der Waals surface area contributed by atoms with Gasteiger partial charge < -0.3 is 0 Å². The summed E-state index contributed by atoms with van der Waals surface area (Å²) in [4.78, 5) is 0. The fourth-order valence-electron chi connectivity index (χ4n) is 4.68. The fourth-order valence-corrected chi connectivity index (χ4v) is 4.68. The summed E-state index contributed by atoms with van der Waals surface area (Å²) >= 11 is 0. The van der Waals surface area contributed by atoms with Crippen LogP contribution in [0.4, 0.5) is 0 Å². The van der Waals surface area contributed by atoms with Gasteiger partial charge in [-0.3, -0.25) is 0 Å². The van der Waals surface area contributed by atoms with Crippen LogP contribution < -0.4 is 0 Å². The Labute approximate surface area is 161 Å². The van der Waals surface area contributed by atoms with E-state index in [-0.39, 0.29) is 0 Å². The second-order valence-corrected chi connectivity index (χ2v) is 8.46. The van der Waals surface area contributed by atoms with Crippen LogP contribution >= 0.6 is 0 Å². The van der Waals surface area contributed by atoms with Gasteiger partial charge in [-0.1, -0.05) is 81.3 Å². The second kappa shape index (κ2) is 9.95. The van der Waals surface area contributed by atoms with E-state index in [9.17, 15) is 0 Å². The lowest BCUT2D eigenvalue weighted by atomic mass is 9.75. The maximum Gasteiger partial charge on any atom is -0.0162 e. The normalized spacial score (nSPS) is 21.5. The minimum absolute atomic E-state index is 0.695. The molecule has 1 atom stereocenters. The molecule has 0 heterocycles. The van der Waals surface area contributed by atoms with Crippen molar-refractivity contribution in [1.29, 1.82) is 0 Å². The summed E-state index contributed by atoms with van der Waals surface area (Å²) in [5.41, 5.74) is 4.61. The van der Waals surface area contributed by atoms with E-state index in [0.29, 0.717) is 5.92 Å². The number of aryl methyl sites for hydroxylation is 1. The third kappa shape index (κ3) is 5.47. The van der Waals surface area contributed by atoms with E-state index in [1.807, 2.05) is 0 Å². The molecule has 26 heavy (non-hydrogen) atoms. The van der Waals surface area contributed by atoms with Crippen LogP contribution in [-0.4, -0.2) is 0 Å². The monoisotopic (exact) mass is 348 g/mol. The van der Waals surface area contributed by atoms with Crippen LogP contribution in [0.3, 0.4) is 0 Å². The highest BCUT2D eigenvalue weighted by atomic mass is 14.3. The smallest absolute Gasteiger partial charge is 0.0162 e. The average molecular weight is 349 g/mol. The van der Waals surface area contributed by atoms with Crippen molar-refractivity contribution in [3.05, 3.63) is 71.3 Å². The molecule has 140 valence electrons. The molecule has 1 saturated carbocycles. The predicted octanol–water partition coefficient (Wildman–Crippen LogP) is 7.89. The highest BCUT2D eigenvalue weighted by molar-refractivity contribution is 5.26. The molecule has 1 aliphatic rings. The van der Waals surface area contributed by atoms with E-state index < -0.39 is 0 Å². The van der Waals surface area contributed by atoms with Crippen LogP contribution in [0.15, 0.2) is 54.6 Å². The van der Waals surface area contributed by atoms with Gasteiger partial charge in [-0.2, -0.15) is 0 Å². The van der Waals surface area contributed by atoms with E-state index in [2.05, 4.69) is 68.4 Å². The molecule has 0 N–H and O–H groups in total. The first kappa shape index (κ1) is 19.2. The minimum Gasteiger partial charge on any atom is -0.0654 e. The van der Waals surface area contributed by atoms with Gasteiger partial charge in [-0.05, 0) is 79.4 Å². The maximum atomic E-state index is 2.42. The molecule has 0 radical (unpaired) electrons. The van der Waals surface area contributed by atoms with Gasteiger partial charge in [0.25, 0.3) is 0 Å². The number of unbranched alkanes of at least 4 members (excludes halogenated alkanes) is 2. The Bertz CT molecular complexity index is 617. The van der Waals surface area contributed by atoms with E-state index in [1.54, 1.807) is 5.56 Å². The SMILES string of the molecule is CCCCCc1ccc(C2CCC(CC(C)c3ccccc3)CC2)cc1. The van der Waals surface area contributed by atoms with Crippen LogP contribution in [0.2, 0.25) is 0 Å². The van der Waals surface area contributed by atoms with Gasteiger partial charge in [-0.25, -0.2) is 0 Å². The third-order valence-corrected chi connectivity index (χ3v) is 6.42. The van der Waals surface area contributed by atoms with Gasteiger partial charge in [0.2, 0.25) is 0 Å². The molecule has 1 aliphatic carbocycles. The van der Waals surface area contributed by atoms with Crippen LogP contribution in [0.1, 0.15) is 93.7 Å². The Hall–Kier alpha value is -1.56. The summed E-state index contributed by atoms with van der Waals surface area (Å²) in [7, 11) is 0. The van der Waals surface area contributed by atoms with Gasteiger partial charge in [0.1, 0.15) is 0 Å². The van der Waals surface area contributed by atoms with Gasteiger partial charge in [0, 0.05) is 0 Å². The molecule has 0 spiro atoms. The molecule has 0 bridgehead atoms. The zero-order valence-corrected chi connectivity index (χ0v) is 16.8. The van der Waals surface area contributed by atoms with Crippen LogP contribution in [0.5, 0.6) is 0 Å². The van der Waals surface area contributed by atoms with Crippen molar-refractivity contribution in [2.45, 2.75) is 83.5 Å². The molecule has 2 aromatic rings. The van der Waals surface area contributed by atoms with Gasteiger partial charge in [0.15, 0.2) is 0 Å². The van der Waals surface area contributed by atoms with Crippen molar-refractivity contribution in [3.8, 4) is 0 Å². The lowest BCUT2D eigenvalue weighted by molar-refractivity contribution is 0.297. The molecule has 1 fully saturated rings. The number of hydrogen-bond acceptors (Lipinski definition) is 0.